The number of hydrogen-bond acceptors (Lipinski definition) is 2. The van der Waals surface area contributed by atoms with Crippen LogP contribution >= 0.6 is 0 Å². The third-order valence-corrected chi connectivity index (χ3v) is 11.0. The van der Waals surface area contributed by atoms with Crippen molar-refractivity contribution in [2.75, 3.05) is 13.2 Å². The lowest BCUT2D eigenvalue weighted by Crippen LogP contribution is -2.66. The Hall–Kier alpha value is -1.86. The summed E-state index contributed by atoms with van der Waals surface area (Å²) in [5.41, 5.74) is 0. The Balaban J connectivity index is 1.85. The number of hydrogen-bond donors (Lipinski definition) is 0. The first kappa shape index (κ1) is 22.8. The van der Waals surface area contributed by atoms with Gasteiger partial charge in [0.05, 0.1) is 6.61 Å². The SMILES string of the molecule is CC(C)(C)[Si](OCC#CC1CCCCCCCO1)(c1ccccc1)c1ccccc1. The van der Waals surface area contributed by atoms with E-state index in [1.807, 2.05) is 0 Å². The van der Waals surface area contributed by atoms with Gasteiger partial charge in [0.1, 0.15) is 6.10 Å². The van der Waals surface area contributed by atoms with Crippen molar-refractivity contribution >= 4 is 18.7 Å². The Morgan fingerprint density at radius 1 is 0.867 bits per heavy atom. The van der Waals surface area contributed by atoms with Crippen LogP contribution in [-0.4, -0.2) is 27.6 Å². The largest absolute Gasteiger partial charge is 0.396 e. The molecule has 0 bridgehead atoms. The van der Waals surface area contributed by atoms with Crippen LogP contribution in [0.5, 0.6) is 0 Å². The summed E-state index contributed by atoms with van der Waals surface area (Å²) in [7, 11) is -2.51. The molecule has 3 heteroatoms. The molecule has 30 heavy (non-hydrogen) atoms. The Bertz CT molecular complexity index is 765. The average Bonchev–Trinajstić information content (AvgIpc) is 2.88. The lowest BCUT2D eigenvalue weighted by Gasteiger charge is -2.42. The molecule has 2 aromatic rings. The zero-order chi connectivity index (χ0) is 21.3. The van der Waals surface area contributed by atoms with Crippen LogP contribution in [0.15, 0.2) is 60.7 Å². The molecule has 1 saturated heterocycles. The van der Waals surface area contributed by atoms with E-state index in [1.54, 1.807) is 0 Å². The molecule has 0 aromatic heterocycles. The molecule has 0 aliphatic carbocycles. The second-order valence-corrected chi connectivity index (χ2v) is 13.5. The first-order valence-electron chi connectivity index (χ1n) is 11.4. The van der Waals surface area contributed by atoms with E-state index in [2.05, 4.69) is 93.3 Å². The van der Waals surface area contributed by atoms with E-state index < -0.39 is 8.32 Å². The zero-order valence-corrected chi connectivity index (χ0v) is 19.8. The van der Waals surface area contributed by atoms with Crippen molar-refractivity contribution in [1.29, 1.82) is 0 Å². The fraction of sp³-hybridized carbons (Fsp3) is 0.481. The zero-order valence-electron chi connectivity index (χ0n) is 18.8. The molecule has 1 unspecified atom stereocenters. The Morgan fingerprint density at radius 3 is 2.03 bits per heavy atom. The van der Waals surface area contributed by atoms with Crippen LogP contribution in [0.1, 0.15) is 59.3 Å². The van der Waals surface area contributed by atoms with Crippen molar-refractivity contribution in [2.45, 2.75) is 70.4 Å². The van der Waals surface area contributed by atoms with Gasteiger partial charge in [-0.1, -0.05) is 113 Å². The van der Waals surface area contributed by atoms with Crippen LogP contribution in [0.4, 0.5) is 0 Å². The van der Waals surface area contributed by atoms with Gasteiger partial charge in [0.15, 0.2) is 0 Å². The van der Waals surface area contributed by atoms with Crippen molar-refractivity contribution in [3.05, 3.63) is 60.7 Å². The molecule has 0 radical (unpaired) electrons. The molecule has 2 aromatic carbocycles. The number of benzene rings is 2. The first-order valence-corrected chi connectivity index (χ1v) is 13.3. The number of ether oxygens (including phenoxy) is 1. The van der Waals surface area contributed by atoms with Gasteiger partial charge in [-0.2, -0.15) is 0 Å². The topological polar surface area (TPSA) is 18.5 Å². The molecule has 160 valence electrons. The molecule has 0 saturated carbocycles. The number of rotatable bonds is 4. The maximum atomic E-state index is 6.85. The highest BCUT2D eigenvalue weighted by Gasteiger charge is 2.49. The van der Waals surface area contributed by atoms with Gasteiger partial charge in [0.2, 0.25) is 0 Å². The molecule has 1 heterocycles. The summed E-state index contributed by atoms with van der Waals surface area (Å²) in [5, 5.41) is 2.57. The van der Waals surface area contributed by atoms with Gasteiger partial charge in [-0.05, 0) is 34.7 Å². The summed E-state index contributed by atoms with van der Waals surface area (Å²) in [4.78, 5) is 0. The molecule has 3 rings (SSSR count). The second kappa shape index (κ2) is 11.0. The fourth-order valence-corrected chi connectivity index (χ4v) is 8.89. The van der Waals surface area contributed by atoms with E-state index >= 15 is 0 Å². The van der Waals surface area contributed by atoms with Crippen molar-refractivity contribution < 1.29 is 9.16 Å². The Labute approximate surface area is 184 Å². The minimum absolute atomic E-state index is 0.0218. The van der Waals surface area contributed by atoms with Crippen molar-refractivity contribution in [2.24, 2.45) is 0 Å². The molecule has 0 N–H and O–H groups in total. The van der Waals surface area contributed by atoms with Crippen LogP contribution in [0.2, 0.25) is 5.04 Å². The van der Waals surface area contributed by atoms with Gasteiger partial charge in [-0.15, -0.1) is 0 Å². The molecule has 0 amide bonds. The minimum atomic E-state index is -2.51. The summed E-state index contributed by atoms with van der Waals surface area (Å²) in [6, 6.07) is 21.5. The van der Waals surface area contributed by atoms with Crippen molar-refractivity contribution in [3.8, 4) is 11.8 Å². The van der Waals surface area contributed by atoms with Crippen LogP contribution < -0.4 is 10.4 Å². The molecule has 1 fully saturated rings. The summed E-state index contributed by atoms with van der Waals surface area (Å²) >= 11 is 0. The molecule has 1 aliphatic heterocycles. The van der Waals surface area contributed by atoms with E-state index in [4.69, 9.17) is 9.16 Å². The fourth-order valence-electron chi connectivity index (χ4n) is 4.45. The predicted octanol–water partition coefficient (Wildman–Crippen LogP) is 5.31. The molecular formula is C27H36O2Si. The van der Waals surface area contributed by atoms with Crippen LogP contribution in [-0.2, 0) is 9.16 Å². The predicted molar refractivity (Wildman–Crippen MR) is 129 cm³/mol. The van der Waals surface area contributed by atoms with E-state index in [9.17, 15) is 0 Å². The first-order chi connectivity index (χ1) is 14.5. The van der Waals surface area contributed by atoms with Gasteiger partial charge in [0, 0.05) is 6.61 Å². The van der Waals surface area contributed by atoms with Gasteiger partial charge in [-0.25, -0.2) is 0 Å². The molecule has 0 spiro atoms. The van der Waals surface area contributed by atoms with Crippen molar-refractivity contribution in [1.82, 2.24) is 0 Å². The highest BCUT2D eigenvalue weighted by atomic mass is 28.4. The van der Waals surface area contributed by atoms with Gasteiger partial charge >= 0.3 is 0 Å². The van der Waals surface area contributed by atoms with Crippen molar-refractivity contribution in [3.63, 3.8) is 0 Å². The standard InChI is InChI=1S/C27H36O2Si/c1-27(2,3)30(25-18-10-7-11-19-25,26-20-12-8-13-21-26)29-23-15-17-24-16-9-5-4-6-14-22-28-24/h7-8,10-13,18-21,24H,4-6,9,14,16,22-23H2,1-3H3. The molecular weight excluding hydrogens is 384 g/mol. The van der Waals surface area contributed by atoms with Crippen LogP contribution in [0, 0.1) is 11.8 Å². The summed E-state index contributed by atoms with van der Waals surface area (Å²) in [6.45, 7) is 8.16. The highest BCUT2D eigenvalue weighted by molar-refractivity contribution is 6.99. The normalized spacial score (nSPS) is 18.4. The van der Waals surface area contributed by atoms with E-state index in [0.717, 1.165) is 19.4 Å². The third kappa shape index (κ3) is 5.63. The monoisotopic (exact) mass is 420 g/mol. The molecule has 2 nitrogen and oxygen atoms in total. The Morgan fingerprint density at radius 2 is 1.43 bits per heavy atom. The lowest BCUT2D eigenvalue weighted by molar-refractivity contribution is 0.0850. The second-order valence-electron chi connectivity index (χ2n) is 9.19. The summed E-state index contributed by atoms with van der Waals surface area (Å²) < 4.78 is 12.9. The van der Waals surface area contributed by atoms with Crippen LogP contribution in [0.3, 0.4) is 0 Å². The van der Waals surface area contributed by atoms with Gasteiger partial charge < -0.3 is 9.16 Å². The smallest absolute Gasteiger partial charge is 0.262 e. The lowest BCUT2D eigenvalue weighted by atomic mass is 10.1. The van der Waals surface area contributed by atoms with Gasteiger partial charge in [-0.3, -0.25) is 0 Å². The average molecular weight is 421 g/mol. The third-order valence-electron chi connectivity index (χ3n) is 5.97. The summed E-state index contributed by atoms with van der Waals surface area (Å²) in [5.74, 6) is 6.70. The maximum absolute atomic E-state index is 6.85. The van der Waals surface area contributed by atoms with Gasteiger partial charge in [0.25, 0.3) is 8.32 Å². The van der Waals surface area contributed by atoms with E-state index in [1.165, 1.54) is 36.1 Å². The molecule has 1 atom stereocenters. The van der Waals surface area contributed by atoms with Crippen LogP contribution in [0.25, 0.3) is 0 Å². The quantitative estimate of drug-likeness (QED) is 0.493. The summed E-state index contributed by atoms with van der Waals surface area (Å²) in [6.07, 6.45) is 7.32. The Kier molecular flexibility index (Phi) is 8.33. The van der Waals surface area contributed by atoms with E-state index in [0.29, 0.717) is 6.61 Å². The molecule has 1 aliphatic rings. The maximum Gasteiger partial charge on any atom is 0.262 e. The minimum Gasteiger partial charge on any atom is -0.396 e. The van der Waals surface area contributed by atoms with E-state index in [-0.39, 0.29) is 11.1 Å². The highest BCUT2D eigenvalue weighted by Crippen LogP contribution is 2.36.